The molecule has 1 aromatic heterocycles. The van der Waals surface area contributed by atoms with Crippen LogP contribution in [0.1, 0.15) is 15.9 Å². The molecule has 0 saturated heterocycles. The first-order valence-electron chi connectivity index (χ1n) is 6.64. The Hall–Kier alpha value is -3.10. The Balaban J connectivity index is 2.17. The van der Waals surface area contributed by atoms with Gasteiger partial charge >= 0.3 is 23.7 Å². The van der Waals surface area contributed by atoms with Crippen LogP contribution in [-0.4, -0.2) is 40.6 Å². The van der Waals surface area contributed by atoms with Crippen molar-refractivity contribution in [2.75, 3.05) is 14.2 Å². The van der Waals surface area contributed by atoms with Gasteiger partial charge < -0.3 is 14.8 Å². The highest BCUT2D eigenvalue weighted by Crippen LogP contribution is 2.10. The number of ether oxygens (including phenoxy) is 2. The molecule has 0 unspecified atom stereocenters. The lowest BCUT2D eigenvalue weighted by Gasteiger charge is -2.08. The molecule has 0 bridgehead atoms. The van der Waals surface area contributed by atoms with E-state index in [-0.39, 0.29) is 12.6 Å². The smallest absolute Gasteiger partial charge is 0.357 e. The molecule has 1 amide bonds. The number of hydrogen-bond donors (Lipinski definition) is 1. The van der Waals surface area contributed by atoms with Gasteiger partial charge in [-0.15, -0.1) is 9.78 Å². The highest BCUT2D eigenvalue weighted by Gasteiger charge is 2.17. The van der Waals surface area contributed by atoms with E-state index in [2.05, 4.69) is 15.2 Å². The van der Waals surface area contributed by atoms with Crippen molar-refractivity contribution >= 4 is 12.0 Å². The van der Waals surface area contributed by atoms with Crippen molar-refractivity contribution in [3.8, 4) is 6.01 Å². The van der Waals surface area contributed by atoms with Crippen LogP contribution in [-0.2, 0) is 18.3 Å². The molecular formula is C14H16N4O5. The molecule has 0 spiro atoms. The number of esters is 1. The van der Waals surface area contributed by atoms with Crippen molar-refractivity contribution in [3.63, 3.8) is 0 Å². The van der Waals surface area contributed by atoms with Crippen LogP contribution in [0.5, 0.6) is 6.01 Å². The summed E-state index contributed by atoms with van der Waals surface area (Å²) >= 11 is 0. The Kier molecular flexibility index (Phi) is 4.79. The average molecular weight is 320 g/mol. The van der Waals surface area contributed by atoms with Crippen LogP contribution in [0.2, 0.25) is 0 Å². The molecule has 0 fully saturated rings. The normalized spacial score (nSPS) is 10.2. The zero-order valence-corrected chi connectivity index (χ0v) is 12.9. The molecule has 0 saturated carbocycles. The Morgan fingerprint density at radius 1 is 1.26 bits per heavy atom. The Morgan fingerprint density at radius 2 is 1.96 bits per heavy atom. The van der Waals surface area contributed by atoms with Gasteiger partial charge in [-0.2, -0.15) is 0 Å². The third-order valence-electron chi connectivity index (χ3n) is 3.17. The summed E-state index contributed by atoms with van der Waals surface area (Å²) in [5, 5.41) is 6.28. The van der Waals surface area contributed by atoms with E-state index in [0.29, 0.717) is 15.8 Å². The van der Waals surface area contributed by atoms with Crippen LogP contribution >= 0.6 is 0 Å². The fourth-order valence-electron chi connectivity index (χ4n) is 1.96. The van der Waals surface area contributed by atoms with E-state index in [1.54, 1.807) is 24.3 Å². The number of nitrogens with one attached hydrogen (secondary N) is 1. The molecule has 23 heavy (non-hydrogen) atoms. The third-order valence-corrected chi connectivity index (χ3v) is 3.17. The Bertz CT molecular complexity index is 793. The van der Waals surface area contributed by atoms with Gasteiger partial charge in [-0.25, -0.2) is 19.0 Å². The van der Waals surface area contributed by atoms with E-state index in [9.17, 15) is 14.4 Å². The predicted molar refractivity (Wildman–Crippen MR) is 79.4 cm³/mol. The number of carbonyl (C=O) groups excluding carboxylic acids is 2. The number of amides is 1. The summed E-state index contributed by atoms with van der Waals surface area (Å²) in [6, 6.07) is 5.96. The van der Waals surface area contributed by atoms with Gasteiger partial charge in [-0.3, -0.25) is 0 Å². The lowest BCUT2D eigenvalue weighted by Crippen LogP contribution is -2.37. The quantitative estimate of drug-likeness (QED) is 0.803. The van der Waals surface area contributed by atoms with Crippen LogP contribution in [0.25, 0.3) is 0 Å². The summed E-state index contributed by atoms with van der Waals surface area (Å²) in [5.74, 6) is -0.508. The molecule has 0 aliphatic heterocycles. The fraction of sp³-hybridized carbons (Fsp3) is 0.286. The van der Waals surface area contributed by atoms with Gasteiger partial charge in [0.15, 0.2) is 0 Å². The minimum Gasteiger partial charge on any atom is -0.467 e. The van der Waals surface area contributed by atoms with E-state index < -0.39 is 17.7 Å². The van der Waals surface area contributed by atoms with Crippen molar-refractivity contribution in [3.05, 3.63) is 45.9 Å². The first kappa shape index (κ1) is 16.3. The Morgan fingerprint density at radius 3 is 2.57 bits per heavy atom. The molecule has 0 aliphatic carbocycles. The van der Waals surface area contributed by atoms with E-state index in [0.717, 1.165) is 4.57 Å². The second-order valence-corrected chi connectivity index (χ2v) is 4.55. The molecule has 9 heteroatoms. The summed E-state index contributed by atoms with van der Waals surface area (Å²) in [6.07, 6.45) is 0. The van der Waals surface area contributed by atoms with Crippen LogP contribution in [0.4, 0.5) is 4.79 Å². The third kappa shape index (κ3) is 3.23. The van der Waals surface area contributed by atoms with Gasteiger partial charge in [-0.05, 0) is 11.6 Å². The van der Waals surface area contributed by atoms with E-state index in [1.165, 1.54) is 21.3 Å². The molecule has 1 aromatic carbocycles. The van der Waals surface area contributed by atoms with Gasteiger partial charge in [0, 0.05) is 13.6 Å². The SMILES string of the molecule is COC(=O)c1ccccc1CNC(=O)n1nc(OC)n(C)c1=O. The summed E-state index contributed by atoms with van der Waals surface area (Å²) < 4.78 is 11.3. The lowest BCUT2D eigenvalue weighted by atomic mass is 10.1. The highest BCUT2D eigenvalue weighted by molar-refractivity contribution is 5.91. The molecule has 0 aliphatic rings. The molecule has 2 rings (SSSR count). The maximum absolute atomic E-state index is 12.1. The van der Waals surface area contributed by atoms with Crippen LogP contribution in [0.3, 0.4) is 0 Å². The topological polar surface area (TPSA) is 104 Å². The molecule has 9 nitrogen and oxygen atoms in total. The first-order valence-corrected chi connectivity index (χ1v) is 6.64. The Labute approximate surface area is 131 Å². The van der Waals surface area contributed by atoms with Crippen LogP contribution < -0.4 is 15.7 Å². The molecule has 0 radical (unpaired) electrons. The van der Waals surface area contributed by atoms with Gasteiger partial charge in [0.1, 0.15) is 0 Å². The number of methoxy groups -OCH3 is 2. The monoisotopic (exact) mass is 320 g/mol. The predicted octanol–water partition coefficient (Wildman–Crippen LogP) is 0.135. The fourth-order valence-corrected chi connectivity index (χ4v) is 1.96. The van der Waals surface area contributed by atoms with Crippen molar-refractivity contribution in [1.82, 2.24) is 19.7 Å². The number of nitrogens with zero attached hydrogens (tertiary/aromatic N) is 3. The van der Waals surface area contributed by atoms with Crippen molar-refractivity contribution < 1.29 is 19.1 Å². The average Bonchev–Trinajstić information content (AvgIpc) is 2.87. The number of benzene rings is 1. The van der Waals surface area contributed by atoms with Gasteiger partial charge in [0.25, 0.3) is 0 Å². The molecule has 122 valence electrons. The van der Waals surface area contributed by atoms with Crippen molar-refractivity contribution in [2.24, 2.45) is 7.05 Å². The van der Waals surface area contributed by atoms with E-state index in [1.807, 2.05) is 0 Å². The second-order valence-electron chi connectivity index (χ2n) is 4.55. The van der Waals surface area contributed by atoms with Gasteiger partial charge in [0.2, 0.25) is 0 Å². The minimum absolute atomic E-state index is 0.0140. The van der Waals surface area contributed by atoms with Crippen LogP contribution in [0, 0.1) is 0 Å². The first-order chi connectivity index (χ1) is 11.0. The molecular weight excluding hydrogens is 304 g/mol. The molecule has 1 heterocycles. The zero-order chi connectivity index (χ0) is 17.0. The summed E-state index contributed by atoms with van der Waals surface area (Å²) in [7, 11) is 4.05. The second kappa shape index (κ2) is 6.77. The number of aromatic nitrogens is 3. The van der Waals surface area contributed by atoms with Gasteiger partial charge in [-0.1, -0.05) is 18.2 Å². The van der Waals surface area contributed by atoms with Gasteiger partial charge in [0.05, 0.1) is 19.8 Å². The highest BCUT2D eigenvalue weighted by atomic mass is 16.5. The molecule has 0 atom stereocenters. The summed E-state index contributed by atoms with van der Waals surface area (Å²) in [5.41, 5.74) is 0.255. The summed E-state index contributed by atoms with van der Waals surface area (Å²) in [6.45, 7) is 0.0371. The van der Waals surface area contributed by atoms with Crippen molar-refractivity contribution in [2.45, 2.75) is 6.54 Å². The maximum Gasteiger partial charge on any atom is 0.357 e. The number of carbonyl (C=O) groups is 2. The summed E-state index contributed by atoms with van der Waals surface area (Å²) in [4.78, 5) is 35.6. The van der Waals surface area contributed by atoms with Crippen molar-refractivity contribution in [1.29, 1.82) is 0 Å². The van der Waals surface area contributed by atoms with E-state index in [4.69, 9.17) is 4.74 Å². The number of hydrogen-bond acceptors (Lipinski definition) is 6. The number of rotatable bonds is 4. The zero-order valence-electron chi connectivity index (χ0n) is 12.9. The molecule has 1 N–H and O–H groups in total. The largest absolute Gasteiger partial charge is 0.467 e. The standard InChI is InChI=1S/C14H16N4O5/c1-17-13(23-3)16-18(14(17)21)12(20)15-8-9-6-4-5-7-10(9)11(19)22-2/h4-7H,8H2,1-3H3,(H,15,20). The minimum atomic E-state index is -0.728. The molecule has 2 aromatic rings. The maximum atomic E-state index is 12.1. The van der Waals surface area contributed by atoms with Crippen LogP contribution in [0.15, 0.2) is 29.1 Å². The lowest BCUT2D eigenvalue weighted by molar-refractivity contribution is 0.0599. The van der Waals surface area contributed by atoms with E-state index >= 15 is 0 Å².